The zero-order valence-corrected chi connectivity index (χ0v) is 10.7. The van der Waals surface area contributed by atoms with Gasteiger partial charge in [-0.3, -0.25) is 14.9 Å². The second-order valence-corrected chi connectivity index (χ2v) is 4.38. The largest absolute Gasteiger partial charge is 0.320 e. The number of nitro benzene ring substituents is 1. The zero-order valence-electron chi connectivity index (χ0n) is 9.91. The molecule has 18 heavy (non-hydrogen) atoms. The van der Waals surface area contributed by atoms with E-state index in [0.717, 1.165) is 0 Å². The first-order valence-electron chi connectivity index (χ1n) is 5.31. The van der Waals surface area contributed by atoms with Crippen LogP contribution in [0.4, 0.5) is 5.69 Å². The smallest absolute Gasteiger partial charge is 0.281 e. The minimum absolute atomic E-state index is 0.0256. The summed E-state index contributed by atoms with van der Waals surface area (Å²) < 4.78 is 1.80. The number of hydrogen-bond acceptors (Lipinski definition) is 5. The molecular formula is C11H11N3O3S. The van der Waals surface area contributed by atoms with E-state index in [4.69, 9.17) is 0 Å². The molecule has 1 aromatic heterocycles. The van der Waals surface area contributed by atoms with Gasteiger partial charge >= 0.3 is 0 Å². The van der Waals surface area contributed by atoms with Crippen molar-refractivity contribution < 1.29 is 4.92 Å². The van der Waals surface area contributed by atoms with Gasteiger partial charge in [0.2, 0.25) is 0 Å². The van der Waals surface area contributed by atoms with Crippen molar-refractivity contribution in [2.24, 2.45) is 0 Å². The summed E-state index contributed by atoms with van der Waals surface area (Å²) in [4.78, 5) is 26.1. The lowest BCUT2D eigenvalue weighted by atomic mass is 10.2. The van der Waals surface area contributed by atoms with Crippen molar-refractivity contribution in [3.63, 3.8) is 0 Å². The van der Waals surface area contributed by atoms with E-state index in [2.05, 4.69) is 4.98 Å². The lowest BCUT2D eigenvalue weighted by Gasteiger charge is -2.11. The maximum atomic E-state index is 11.8. The number of rotatable bonds is 3. The Labute approximate surface area is 107 Å². The molecule has 2 aromatic rings. The molecule has 0 bridgehead atoms. The van der Waals surface area contributed by atoms with Crippen LogP contribution in [0, 0.1) is 10.1 Å². The molecule has 1 aromatic carbocycles. The van der Waals surface area contributed by atoms with Crippen molar-refractivity contribution in [2.45, 2.75) is 18.6 Å². The Kier molecular flexibility index (Phi) is 3.33. The van der Waals surface area contributed by atoms with Crippen LogP contribution in [0.2, 0.25) is 0 Å². The topological polar surface area (TPSA) is 78.0 Å². The summed E-state index contributed by atoms with van der Waals surface area (Å²) in [7, 11) is 0. The molecule has 0 fully saturated rings. The van der Waals surface area contributed by atoms with Crippen LogP contribution < -0.4 is 5.56 Å². The molecular weight excluding hydrogens is 254 g/mol. The van der Waals surface area contributed by atoms with Crippen LogP contribution in [0.15, 0.2) is 28.2 Å². The van der Waals surface area contributed by atoms with Crippen molar-refractivity contribution in [1.29, 1.82) is 0 Å². The van der Waals surface area contributed by atoms with Crippen LogP contribution in [0.25, 0.3) is 10.9 Å². The normalized spacial score (nSPS) is 10.8. The standard InChI is InChI=1S/C11H11N3O3S/c1-3-13-9-6-7(14(16)17)4-5-8(9)10(15)12-11(13)18-2/h4-6H,3H2,1-2H3. The fourth-order valence-corrected chi connectivity index (χ4v) is 2.43. The summed E-state index contributed by atoms with van der Waals surface area (Å²) >= 11 is 1.35. The number of aromatic nitrogens is 2. The molecule has 0 aliphatic heterocycles. The number of nitrogens with zero attached hydrogens (tertiary/aromatic N) is 3. The first kappa shape index (κ1) is 12.6. The van der Waals surface area contributed by atoms with E-state index >= 15 is 0 Å². The minimum Gasteiger partial charge on any atom is -0.320 e. The maximum absolute atomic E-state index is 11.8. The van der Waals surface area contributed by atoms with Crippen molar-refractivity contribution in [2.75, 3.05) is 6.26 Å². The summed E-state index contributed by atoms with van der Waals surface area (Å²) in [6.07, 6.45) is 1.82. The fourth-order valence-electron chi connectivity index (χ4n) is 1.81. The summed E-state index contributed by atoms with van der Waals surface area (Å²) in [5.41, 5.74) is 0.173. The number of thioether (sulfide) groups is 1. The van der Waals surface area contributed by atoms with Crippen LogP contribution >= 0.6 is 11.8 Å². The first-order valence-corrected chi connectivity index (χ1v) is 6.54. The zero-order chi connectivity index (χ0) is 13.3. The quantitative estimate of drug-likeness (QED) is 0.367. The van der Waals surface area contributed by atoms with Gasteiger partial charge in [-0.2, -0.15) is 4.98 Å². The van der Waals surface area contributed by atoms with E-state index in [-0.39, 0.29) is 11.2 Å². The Bertz CT molecular complexity index is 681. The Balaban J connectivity index is 2.89. The van der Waals surface area contributed by atoms with Gasteiger partial charge in [0.05, 0.1) is 15.8 Å². The molecule has 7 heteroatoms. The van der Waals surface area contributed by atoms with Crippen molar-refractivity contribution in [1.82, 2.24) is 9.55 Å². The lowest BCUT2D eigenvalue weighted by Crippen LogP contribution is -2.15. The van der Waals surface area contributed by atoms with Crippen LogP contribution in [-0.2, 0) is 6.54 Å². The van der Waals surface area contributed by atoms with Crippen LogP contribution in [0.5, 0.6) is 0 Å². The van der Waals surface area contributed by atoms with Gasteiger partial charge < -0.3 is 4.57 Å². The summed E-state index contributed by atoms with van der Waals surface area (Å²) in [6, 6.07) is 4.20. The van der Waals surface area contributed by atoms with E-state index in [1.807, 2.05) is 13.2 Å². The van der Waals surface area contributed by atoms with E-state index in [0.29, 0.717) is 22.6 Å². The molecule has 2 rings (SSSR count). The number of benzene rings is 1. The minimum atomic E-state index is -0.469. The molecule has 0 saturated carbocycles. The van der Waals surface area contributed by atoms with E-state index < -0.39 is 4.92 Å². The predicted octanol–water partition coefficient (Wildman–Crippen LogP) is 2.05. The summed E-state index contributed by atoms with van der Waals surface area (Å²) in [6.45, 7) is 2.51. The highest BCUT2D eigenvalue weighted by Crippen LogP contribution is 2.22. The molecule has 94 valence electrons. The predicted molar refractivity (Wildman–Crippen MR) is 70.1 cm³/mol. The second-order valence-electron chi connectivity index (χ2n) is 3.61. The van der Waals surface area contributed by atoms with Crippen molar-refractivity contribution in [3.05, 3.63) is 38.7 Å². The fraction of sp³-hybridized carbons (Fsp3) is 0.273. The molecule has 0 N–H and O–H groups in total. The monoisotopic (exact) mass is 265 g/mol. The van der Waals surface area contributed by atoms with E-state index in [1.54, 1.807) is 4.57 Å². The van der Waals surface area contributed by atoms with Crippen LogP contribution in [-0.4, -0.2) is 20.7 Å². The molecule has 0 saturated heterocycles. The van der Waals surface area contributed by atoms with Gasteiger partial charge in [0.1, 0.15) is 0 Å². The van der Waals surface area contributed by atoms with Gasteiger partial charge in [-0.1, -0.05) is 11.8 Å². The first-order chi connectivity index (χ1) is 8.58. The second kappa shape index (κ2) is 4.77. The maximum Gasteiger partial charge on any atom is 0.281 e. The number of non-ortho nitro benzene ring substituents is 1. The van der Waals surface area contributed by atoms with Gasteiger partial charge in [-0.05, 0) is 19.2 Å². The molecule has 1 heterocycles. The molecule has 0 aliphatic carbocycles. The van der Waals surface area contributed by atoms with E-state index in [1.165, 1.54) is 30.0 Å². The van der Waals surface area contributed by atoms with E-state index in [9.17, 15) is 14.9 Å². The van der Waals surface area contributed by atoms with Gasteiger partial charge in [0, 0.05) is 18.7 Å². The highest BCUT2D eigenvalue weighted by molar-refractivity contribution is 7.98. The molecule has 0 amide bonds. The number of nitro groups is 1. The average molecular weight is 265 g/mol. The van der Waals surface area contributed by atoms with Gasteiger partial charge in [-0.15, -0.1) is 0 Å². The number of hydrogen-bond donors (Lipinski definition) is 0. The number of aryl methyl sites for hydroxylation is 1. The Morgan fingerprint density at radius 1 is 1.50 bits per heavy atom. The Hall–Kier alpha value is -1.89. The third-order valence-electron chi connectivity index (χ3n) is 2.64. The highest BCUT2D eigenvalue weighted by Gasteiger charge is 2.13. The third-order valence-corrected chi connectivity index (χ3v) is 3.32. The van der Waals surface area contributed by atoms with Crippen LogP contribution in [0.3, 0.4) is 0 Å². The van der Waals surface area contributed by atoms with Gasteiger partial charge in [0.25, 0.3) is 11.2 Å². The SMILES string of the molecule is CCn1c(SC)nc(=O)c2ccc([N+](=O)[O-])cc21. The summed E-state index contributed by atoms with van der Waals surface area (Å²) in [5.74, 6) is 0. The third kappa shape index (κ3) is 1.97. The average Bonchev–Trinajstić information content (AvgIpc) is 2.37. The lowest BCUT2D eigenvalue weighted by molar-refractivity contribution is -0.384. The number of fused-ring (bicyclic) bond motifs is 1. The molecule has 0 atom stereocenters. The molecule has 6 nitrogen and oxygen atoms in total. The van der Waals surface area contributed by atoms with Gasteiger partial charge in [0.15, 0.2) is 5.16 Å². The van der Waals surface area contributed by atoms with Gasteiger partial charge in [-0.25, -0.2) is 0 Å². The van der Waals surface area contributed by atoms with Crippen molar-refractivity contribution in [3.8, 4) is 0 Å². The molecule has 0 aliphatic rings. The van der Waals surface area contributed by atoms with Crippen LogP contribution in [0.1, 0.15) is 6.92 Å². The highest BCUT2D eigenvalue weighted by atomic mass is 32.2. The molecule has 0 radical (unpaired) electrons. The Morgan fingerprint density at radius 2 is 2.22 bits per heavy atom. The summed E-state index contributed by atoms with van der Waals surface area (Å²) in [5, 5.41) is 11.7. The molecule has 0 unspecified atom stereocenters. The Morgan fingerprint density at radius 3 is 2.78 bits per heavy atom. The van der Waals surface area contributed by atoms with Crippen molar-refractivity contribution >= 4 is 28.4 Å². The molecule has 0 spiro atoms.